The highest BCUT2D eigenvalue weighted by atomic mass is 16.8. The Kier molecular flexibility index (Phi) is 3.44. The Morgan fingerprint density at radius 1 is 1.00 bits per heavy atom. The van der Waals surface area contributed by atoms with Crippen molar-refractivity contribution in [2.45, 2.75) is 0 Å². The summed E-state index contributed by atoms with van der Waals surface area (Å²) < 4.78 is 4.40. The SMILES string of the molecule is CN(C)c1c([N+](=O)[O-])c(N(C)C)c2no[n+]([O-])c2c1[N+](=O)[O-]. The van der Waals surface area contributed by atoms with Crippen LogP contribution in [0.5, 0.6) is 0 Å². The lowest BCUT2D eigenvalue weighted by molar-refractivity contribution is -0.783. The van der Waals surface area contributed by atoms with Gasteiger partial charge in [-0.1, -0.05) is 0 Å². The van der Waals surface area contributed by atoms with Gasteiger partial charge in [0, 0.05) is 33.3 Å². The lowest BCUT2D eigenvalue weighted by atomic mass is 10.1. The predicted octanol–water partition coefficient (Wildman–Crippen LogP) is 0.410. The van der Waals surface area contributed by atoms with Gasteiger partial charge in [-0.2, -0.15) is 0 Å². The molecule has 1 aromatic heterocycles. The fourth-order valence-electron chi connectivity index (χ4n) is 2.24. The summed E-state index contributed by atoms with van der Waals surface area (Å²) in [6.07, 6.45) is 0. The first-order chi connectivity index (χ1) is 10.2. The van der Waals surface area contributed by atoms with E-state index in [1.54, 1.807) is 0 Å². The largest absolute Gasteiger partial charge is 0.368 e. The van der Waals surface area contributed by atoms with E-state index in [9.17, 15) is 25.4 Å². The van der Waals surface area contributed by atoms with E-state index in [1.165, 1.54) is 38.0 Å². The van der Waals surface area contributed by atoms with Crippen molar-refractivity contribution in [3.63, 3.8) is 0 Å². The van der Waals surface area contributed by atoms with Gasteiger partial charge < -0.3 is 15.0 Å². The third-order valence-electron chi connectivity index (χ3n) is 2.99. The Bertz CT molecular complexity index is 782. The number of nitrogens with zero attached hydrogens (tertiary/aromatic N) is 6. The van der Waals surface area contributed by atoms with Crippen molar-refractivity contribution in [1.29, 1.82) is 0 Å². The molecule has 0 radical (unpaired) electrons. The van der Waals surface area contributed by atoms with Crippen molar-refractivity contribution >= 4 is 33.8 Å². The first kappa shape index (κ1) is 15.2. The second-order valence-corrected chi connectivity index (χ2v) is 4.82. The van der Waals surface area contributed by atoms with E-state index < -0.39 is 26.7 Å². The summed E-state index contributed by atoms with van der Waals surface area (Å²) in [6.45, 7) is 0. The minimum Gasteiger partial charge on any atom is -0.368 e. The van der Waals surface area contributed by atoms with Crippen molar-refractivity contribution in [2.75, 3.05) is 38.0 Å². The summed E-state index contributed by atoms with van der Waals surface area (Å²) >= 11 is 0. The summed E-state index contributed by atoms with van der Waals surface area (Å²) in [5.74, 6) is 0. The zero-order chi connectivity index (χ0) is 16.8. The zero-order valence-electron chi connectivity index (χ0n) is 12.1. The van der Waals surface area contributed by atoms with Crippen molar-refractivity contribution in [3.05, 3.63) is 25.4 Å². The summed E-state index contributed by atoms with van der Waals surface area (Å²) in [5, 5.41) is 38.0. The zero-order valence-corrected chi connectivity index (χ0v) is 12.1. The van der Waals surface area contributed by atoms with Crippen LogP contribution in [0.2, 0.25) is 0 Å². The molecule has 2 aromatic rings. The number of anilines is 2. The standard InChI is InChI=1S/C10H12N6O6/c1-12(2)6-5-7(16(21)22-11-5)10(15(19)20)8(13(3)4)9(6)14(17)18/h1-4H3. The van der Waals surface area contributed by atoms with Crippen molar-refractivity contribution in [3.8, 4) is 0 Å². The molecule has 1 heterocycles. The van der Waals surface area contributed by atoms with E-state index in [2.05, 4.69) is 9.79 Å². The second-order valence-electron chi connectivity index (χ2n) is 4.82. The van der Waals surface area contributed by atoms with Gasteiger partial charge in [0.05, 0.1) is 9.85 Å². The number of hydrogen-bond acceptors (Lipinski definition) is 9. The molecule has 0 N–H and O–H groups in total. The molecule has 0 fully saturated rings. The second kappa shape index (κ2) is 4.98. The van der Waals surface area contributed by atoms with Gasteiger partial charge >= 0.3 is 16.9 Å². The summed E-state index contributed by atoms with van der Waals surface area (Å²) in [7, 11) is 5.81. The van der Waals surface area contributed by atoms with Crippen LogP contribution >= 0.6 is 0 Å². The number of benzene rings is 1. The summed E-state index contributed by atoms with van der Waals surface area (Å²) in [4.78, 5) is 23.6. The van der Waals surface area contributed by atoms with Gasteiger partial charge in [0.15, 0.2) is 5.69 Å². The maximum absolute atomic E-state index is 11.7. The van der Waals surface area contributed by atoms with Crippen LogP contribution < -0.4 is 14.7 Å². The number of nitro groups is 2. The summed E-state index contributed by atoms with van der Waals surface area (Å²) in [6, 6.07) is 0. The van der Waals surface area contributed by atoms with Gasteiger partial charge in [0.2, 0.25) is 5.69 Å². The number of aromatic nitrogens is 2. The molecule has 0 atom stereocenters. The van der Waals surface area contributed by atoms with Crippen LogP contribution in [-0.4, -0.2) is 43.2 Å². The Balaban J connectivity index is 3.19. The normalized spacial score (nSPS) is 10.7. The Morgan fingerprint density at radius 3 is 1.91 bits per heavy atom. The van der Waals surface area contributed by atoms with E-state index in [0.717, 1.165) is 0 Å². The minimum absolute atomic E-state index is 0.0485. The molecule has 0 bridgehead atoms. The van der Waals surface area contributed by atoms with Crippen LogP contribution in [-0.2, 0) is 0 Å². The lowest BCUT2D eigenvalue weighted by Crippen LogP contribution is -2.26. The lowest BCUT2D eigenvalue weighted by Gasteiger charge is -2.17. The van der Waals surface area contributed by atoms with E-state index in [1.807, 2.05) is 0 Å². The molecule has 0 aliphatic heterocycles. The first-order valence-corrected chi connectivity index (χ1v) is 5.91. The molecule has 22 heavy (non-hydrogen) atoms. The fraction of sp³-hybridized carbons (Fsp3) is 0.400. The quantitative estimate of drug-likeness (QED) is 0.444. The molecule has 118 valence electrons. The average molecular weight is 312 g/mol. The van der Waals surface area contributed by atoms with Crippen molar-refractivity contribution in [1.82, 2.24) is 5.16 Å². The molecular weight excluding hydrogens is 300 g/mol. The Morgan fingerprint density at radius 2 is 1.50 bits per heavy atom. The topological polar surface area (TPSA) is 146 Å². The molecule has 0 aliphatic rings. The maximum Gasteiger partial charge on any atom is 0.354 e. The van der Waals surface area contributed by atoms with Gasteiger partial charge in [0.25, 0.3) is 5.52 Å². The first-order valence-electron chi connectivity index (χ1n) is 5.91. The number of rotatable bonds is 4. The fourth-order valence-corrected chi connectivity index (χ4v) is 2.24. The van der Waals surface area contributed by atoms with Gasteiger partial charge in [-0.3, -0.25) is 24.9 Å². The average Bonchev–Trinajstić information content (AvgIpc) is 2.77. The van der Waals surface area contributed by atoms with Crippen molar-refractivity contribution < 1.29 is 19.4 Å². The van der Waals surface area contributed by atoms with Crippen molar-refractivity contribution in [2.24, 2.45) is 0 Å². The molecule has 0 amide bonds. The smallest absolute Gasteiger partial charge is 0.354 e. The molecule has 12 nitrogen and oxygen atoms in total. The monoisotopic (exact) mass is 312 g/mol. The van der Waals surface area contributed by atoms with Crippen LogP contribution in [0.4, 0.5) is 22.7 Å². The highest BCUT2D eigenvalue weighted by molar-refractivity contribution is 6.05. The van der Waals surface area contributed by atoms with Crippen LogP contribution in [0.1, 0.15) is 0 Å². The van der Waals surface area contributed by atoms with Crippen LogP contribution in [0.25, 0.3) is 11.0 Å². The number of nitro benzene ring substituents is 2. The van der Waals surface area contributed by atoms with Crippen LogP contribution in [0.15, 0.2) is 4.63 Å². The summed E-state index contributed by atoms with van der Waals surface area (Å²) in [5.41, 5.74) is -2.32. The van der Waals surface area contributed by atoms with E-state index in [0.29, 0.717) is 0 Å². The van der Waals surface area contributed by atoms with Gasteiger partial charge in [-0.05, 0) is 4.90 Å². The van der Waals surface area contributed by atoms with E-state index >= 15 is 0 Å². The molecule has 1 aromatic carbocycles. The molecule has 2 rings (SSSR count). The van der Waals surface area contributed by atoms with Crippen LogP contribution in [0.3, 0.4) is 0 Å². The molecule has 0 aliphatic carbocycles. The highest BCUT2D eigenvalue weighted by Gasteiger charge is 2.42. The third-order valence-corrected chi connectivity index (χ3v) is 2.99. The molecule has 0 spiro atoms. The molecule has 0 saturated heterocycles. The van der Waals surface area contributed by atoms with Gasteiger partial charge in [0.1, 0.15) is 0 Å². The predicted molar refractivity (Wildman–Crippen MR) is 74.9 cm³/mol. The van der Waals surface area contributed by atoms with Crippen LogP contribution in [0, 0.1) is 25.4 Å². The maximum atomic E-state index is 11.7. The number of hydrogen-bond donors (Lipinski definition) is 0. The molecular formula is C10H12N6O6. The van der Waals surface area contributed by atoms with Gasteiger partial charge in [-0.25, -0.2) is 0 Å². The Hall–Kier alpha value is -3.18. The highest BCUT2D eigenvalue weighted by Crippen LogP contribution is 2.47. The Labute approximate surface area is 122 Å². The third kappa shape index (κ3) is 2.01. The molecule has 0 saturated carbocycles. The van der Waals surface area contributed by atoms with E-state index in [-0.39, 0.29) is 21.8 Å². The van der Waals surface area contributed by atoms with Gasteiger partial charge in [-0.15, -0.1) is 0 Å². The molecule has 0 unspecified atom stereocenters. The minimum atomic E-state index is -0.865. The number of fused-ring (bicyclic) bond motifs is 1. The molecule has 12 heteroatoms. The van der Waals surface area contributed by atoms with E-state index in [4.69, 9.17) is 0 Å².